The van der Waals surface area contributed by atoms with Crippen LogP contribution in [0, 0.1) is 5.92 Å². The Hall–Kier alpha value is -3.24. The summed E-state index contributed by atoms with van der Waals surface area (Å²) in [5.74, 6) is -0.471. The number of carbonyl (C=O) groups excluding carboxylic acids is 2. The lowest BCUT2D eigenvalue weighted by atomic mass is 9.97. The molecule has 1 saturated heterocycles. The van der Waals surface area contributed by atoms with E-state index >= 15 is 0 Å². The van der Waals surface area contributed by atoms with E-state index in [-0.39, 0.29) is 41.4 Å². The van der Waals surface area contributed by atoms with E-state index in [9.17, 15) is 18.0 Å². The molecule has 1 unspecified atom stereocenters. The van der Waals surface area contributed by atoms with Crippen molar-refractivity contribution in [2.75, 3.05) is 20.2 Å². The van der Waals surface area contributed by atoms with Gasteiger partial charge in [-0.05, 0) is 44.0 Å². The van der Waals surface area contributed by atoms with Gasteiger partial charge in [0.1, 0.15) is 5.82 Å². The molecule has 0 radical (unpaired) electrons. The minimum absolute atomic E-state index is 0.000439. The molecule has 1 fully saturated rings. The zero-order chi connectivity index (χ0) is 23.6. The van der Waals surface area contributed by atoms with Crippen LogP contribution in [0.15, 0.2) is 53.4 Å². The third-order valence-electron chi connectivity index (χ3n) is 5.91. The van der Waals surface area contributed by atoms with Gasteiger partial charge in [-0.3, -0.25) is 4.79 Å². The van der Waals surface area contributed by atoms with E-state index in [4.69, 9.17) is 4.74 Å². The highest BCUT2D eigenvalue weighted by Gasteiger charge is 2.34. The second kappa shape index (κ2) is 9.32. The van der Waals surface area contributed by atoms with E-state index in [0.29, 0.717) is 18.7 Å². The number of hydrogen-bond donors (Lipinski definition) is 2. The lowest BCUT2D eigenvalue weighted by molar-refractivity contribution is -0.126. The quantitative estimate of drug-likeness (QED) is 0.534. The van der Waals surface area contributed by atoms with E-state index < -0.39 is 16.0 Å². The number of benzene rings is 2. The summed E-state index contributed by atoms with van der Waals surface area (Å²) < 4.78 is 32.4. The molecule has 1 aliphatic rings. The SMILES string of the molecule is COC(=O)c1ccccc1S(=O)(=O)N1CCC(C(=O)NC(C)c2nc3ccccc3[nH]2)CC1. The van der Waals surface area contributed by atoms with Crippen LogP contribution in [-0.4, -0.2) is 54.8 Å². The molecule has 2 N–H and O–H groups in total. The predicted octanol–water partition coefficient (Wildman–Crippen LogP) is 2.63. The number of piperidine rings is 1. The van der Waals surface area contributed by atoms with Gasteiger partial charge < -0.3 is 15.0 Å². The number of H-pyrrole nitrogens is 1. The van der Waals surface area contributed by atoms with Gasteiger partial charge in [-0.1, -0.05) is 24.3 Å². The molecular formula is C23H26N4O5S. The predicted molar refractivity (Wildman–Crippen MR) is 122 cm³/mol. The van der Waals surface area contributed by atoms with Gasteiger partial charge in [-0.2, -0.15) is 4.31 Å². The summed E-state index contributed by atoms with van der Waals surface area (Å²) in [7, 11) is -2.68. The molecule has 0 saturated carbocycles. The standard InChI is InChI=1S/C23H26N4O5S/c1-15(21-25-18-8-4-5-9-19(18)26-21)24-22(28)16-11-13-27(14-12-16)33(30,31)20-10-6-3-7-17(20)23(29)32-2/h3-10,15-16H,11-14H2,1-2H3,(H,24,28)(H,25,26). The fourth-order valence-corrected chi connectivity index (χ4v) is 5.69. The molecule has 4 rings (SSSR count). The van der Waals surface area contributed by atoms with E-state index in [0.717, 1.165) is 11.0 Å². The fraction of sp³-hybridized carbons (Fsp3) is 0.348. The van der Waals surface area contributed by atoms with Crippen LogP contribution >= 0.6 is 0 Å². The first-order chi connectivity index (χ1) is 15.8. The molecule has 174 valence electrons. The van der Waals surface area contributed by atoms with E-state index in [1.165, 1.54) is 23.5 Å². The Balaban J connectivity index is 1.40. The average Bonchev–Trinajstić information content (AvgIpc) is 3.28. The summed E-state index contributed by atoms with van der Waals surface area (Å²) in [6.45, 7) is 2.24. The number of esters is 1. The first kappa shape index (κ1) is 22.9. The van der Waals surface area contributed by atoms with Gasteiger partial charge in [-0.15, -0.1) is 0 Å². The summed E-state index contributed by atoms with van der Waals surface area (Å²) in [4.78, 5) is 32.5. The molecule has 0 aliphatic carbocycles. The normalized spacial score (nSPS) is 16.4. The molecule has 0 bridgehead atoms. The third kappa shape index (κ3) is 4.62. The van der Waals surface area contributed by atoms with E-state index in [1.54, 1.807) is 12.1 Å². The van der Waals surface area contributed by atoms with Gasteiger partial charge in [0.2, 0.25) is 15.9 Å². The smallest absolute Gasteiger partial charge is 0.339 e. The van der Waals surface area contributed by atoms with Crippen molar-refractivity contribution in [1.82, 2.24) is 19.6 Å². The Morgan fingerprint density at radius 2 is 1.79 bits per heavy atom. The van der Waals surface area contributed by atoms with Crippen LogP contribution in [0.1, 0.15) is 42.0 Å². The van der Waals surface area contributed by atoms with Crippen LogP contribution in [0.3, 0.4) is 0 Å². The van der Waals surface area contributed by atoms with Gasteiger partial charge in [0.25, 0.3) is 0 Å². The molecule has 10 heteroatoms. The maximum absolute atomic E-state index is 13.2. The van der Waals surface area contributed by atoms with E-state index in [2.05, 4.69) is 15.3 Å². The number of sulfonamides is 1. The zero-order valence-electron chi connectivity index (χ0n) is 18.4. The maximum Gasteiger partial charge on any atom is 0.339 e. The summed E-state index contributed by atoms with van der Waals surface area (Å²) >= 11 is 0. The van der Waals surface area contributed by atoms with Crippen molar-refractivity contribution >= 4 is 32.9 Å². The molecule has 0 spiro atoms. The van der Waals surface area contributed by atoms with Crippen molar-refractivity contribution in [2.45, 2.75) is 30.7 Å². The molecule has 33 heavy (non-hydrogen) atoms. The van der Waals surface area contributed by atoms with Gasteiger partial charge in [0.15, 0.2) is 0 Å². The number of aromatic nitrogens is 2. The topological polar surface area (TPSA) is 121 Å². The van der Waals surface area contributed by atoms with Crippen LogP contribution in [0.2, 0.25) is 0 Å². The number of hydrogen-bond acceptors (Lipinski definition) is 6. The Kier molecular flexibility index (Phi) is 6.48. The number of aromatic amines is 1. The molecule has 9 nitrogen and oxygen atoms in total. The minimum atomic E-state index is -3.89. The number of para-hydroxylation sites is 2. The molecule has 2 aromatic carbocycles. The molecule has 3 aromatic rings. The second-order valence-corrected chi connectivity index (χ2v) is 9.94. The van der Waals surface area contributed by atoms with Crippen molar-refractivity contribution in [1.29, 1.82) is 0 Å². The molecule has 1 atom stereocenters. The summed E-state index contributed by atoms with van der Waals surface area (Å²) in [6.07, 6.45) is 0.774. The van der Waals surface area contributed by atoms with Gasteiger partial charge >= 0.3 is 5.97 Å². The van der Waals surface area contributed by atoms with Gasteiger partial charge in [-0.25, -0.2) is 18.2 Å². The Labute approximate surface area is 192 Å². The summed E-state index contributed by atoms with van der Waals surface area (Å²) in [5.41, 5.74) is 1.73. The zero-order valence-corrected chi connectivity index (χ0v) is 19.3. The Morgan fingerprint density at radius 3 is 2.48 bits per heavy atom. The number of methoxy groups -OCH3 is 1. The largest absolute Gasteiger partial charge is 0.465 e. The number of carbonyl (C=O) groups is 2. The van der Waals surface area contributed by atoms with E-state index in [1.807, 2.05) is 31.2 Å². The molecule has 1 amide bonds. The van der Waals surface area contributed by atoms with Crippen LogP contribution in [0.25, 0.3) is 11.0 Å². The van der Waals surface area contributed by atoms with Crippen LogP contribution in [0.4, 0.5) is 0 Å². The number of amides is 1. The minimum Gasteiger partial charge on any atom is -0.465 e. The van der Waals surface area contributed by atoms with Crippen molar-refractivity contribution in [3.8, 4) is 0 Å². The highest BCUT2D eigenvalue weighted by molar-refractivity contribution is 7.89. The highest BCUT2D eigenvalue weighted by atomic mass is 32.2. The molecule has 2 heterocycles. The molecular weight excluding hydrogens is 444 g/mol. The van der Waals surface area contributed by atoms with Gasteiger partial charge in [0, 0.05) is 19.0 Å². The van der Waals surface area contributed by atoms with Crippen LogP contribution < -0.4 is 5.32 Å². The lowest BCUT2D eigenvalue weighted by Gasteiger charge is -2.31. The van der Waals surface area contributed by atoms with Gasteiger partial charge in [0.05, 0.1) is 34.6 Å². The van der Waals surface area contributed by atoms with Crippen LogP contribution in [0.5, 0.6) is 0 Å². The maximum atomic E-state index is 13.2. The monoisotopic (exact) mass is 470 g/mol. The molecule has 1 aliphatic heterocycles. The van der Waals surface area contributed by atoms with Crippen molar-refractivity contribution in [2.24, 2.45) is 5.92 Å². The Bertz CT molecular complexity index is 1250. The second-order valence-electron chi connectivity index (χ2n) is 8.04. The molecule has 1 aromatic heterocycles. The highest BCUT2D eigenvalue weighted by Crippen LogP contribution is 2.27. The van der Waals surface area contributed by atoms with Crippen molar-refractivity contribution in [3.63, 3.8) is 0 Å². The fourth-order valence-electron chi connectivity index (χ4n) is 4.04. The number of nitrogens with zero attached hydrogens (tertiary/aromatic N) is 2. The number of rotatable bonds is 6. The first-order valence-corrected chi connectivity index (χ1v) is 12.2. The number of imidazole rings is 1. The third-order valence-corrected chi connectivity index (χ3v) is 7.87. The van der Waals surface area contributed by atoms with Crippen molar-refractivity contribution < 1.29 is 22.7 Å². The lowest BCUT2D eigenvalue weighted by Crippen LogP contribution is -2.43. The average molecular weight is 471 g/mol. The number of nitrogens with one attached hydrogen (secondary N) is 2. The summed E-state index contributed by atoms with van der Waals surface area (Å²) in [6, 6.07) is 13.3. The summed E-state index contributed by atoms with van der Waals surface area (Å²) in [5, 5.41) is 2.98. The van der Waals surface area contributed by atoms with Crippen molar-refractivity contribution in [3.05, 3.63) is 59.9 Å². The van der Waals surface area contributed by atoms with Crippen LogP contribution in [-0.2, 0) is 19.6 Å². The first-order valence-electron chi connectivity index (χ1n) is 10.7. The number of fused-ring (bicyclic) bond motifs is 1. The number of ether oxygens (including phenoxy) is 1. The Morgan fingerprint density at radius 1 is 1.12 bits per heavy atom.